The Morgan fingerprint density at radius 2 is 1.76 bits per heavy atom. The summed E-state index contributed by atoms with van der Waals surface area (Å²) in [6.07, 6.45) is 0.428. The van der Waals surface area contributed by atoms with E-state index >= 15 is 0 Å². The van der Waals surface area contributed by atoms with E-state index in [-0.39, 0.29) is 28.9 Å². The molecule has 9 nitrogen and oxygen atoms in total. The lowest BCUT2D eigenvalue weighted by molar-refractivity contribution is -0.120. The van der Waals surface area contributed by atoms with Crippen molar-refractivity contribution in [2.75, 3.05) is 6.54 Å². The molecule has 1 aliphatic rings. The summed E-state index contributed by atoms with van der Waals surface area (Å²) in [6.45, 7) is -0.265. The number of amidine groups is 1. The third-order valence-corrected chi connectivity index (χ3v) is 6.89. The van der Waals surface area contributed by atoms with Crippen molar-refractivity contribution in [3.8, 4) is 5.75 Å². The quantitative estimate of drug-likeness (QED) is 0.339. The first-order chi connectivity index (χ1) is 16.4. The van der Waals surface area contributed by atoms with Crippen LogP contribution < -0.4 is 10.0 Å². The Balaban J connectivity index is 1.38. The van der Waals surface area contributed by atoms with Crippen LogP contribution in [0.1, 0.15) is 23.0 Å². The molecule has 1 atom stereocenters. The lowest BCUT2D eigenvalue weighted by Gasteiger charge is -2.16. The standard InChI is InChI=1S/C24H21N5O4S/c30-16-11-9-15(10-12-16)13-20(24-27-18-6-2-3-7-19(18)28-24)26-22(31)14-25-23-17-5-1-4-8-21(17)34(32,33)29-23/h1-12,20,30H,13-14H2,(H,25,29)(H,26,31)(H,27,28). The molecule has 1 aromatic heterocycles. The van der Waals surface area contributed by atoms with Gasteiger partial charge < -0.3 is 15.4 Å². The fourth-order valence-electron chi connectivity index (χ4n) is 3.86. The topological polar surface area (TPSA) is 137 Å². The number of H-pyrrole nitrogens is 1. The van der Waals surface area contributed by atoms with Crippen LogP contribution in [0.25, 0.3) is 11.0 Å². The van der Waals surface area contributed by atoms with Gasteiger partial charge in [0.25, 0.3) is 10.0 Å². The monoisotopic (exact) mass is 475 g/mol. The summed E-state index contributed by atoms with van der Waals surface area (Å²) in [5.74, 6) is 0.496. The van der Waals surface area contributed by atoms with Crippen LogP contribution in [0.5, 0.6) is 5.75 Å². The molecule has 0 fully saturated rings. The average molecular weight is 476 g/mol. The van der Waals surface area contributed by atoms with Crippen LogP contribution >= 0.6 is 0 Å². The van der Waals surface area contributed by atoms with Crippen LogP contribution in [-0.2, 0) is 21.2 Å². The van der Waals surface area contributed by atoms with Crippen molar-refractivity contribution in [3.63, 3.8) is 0 Å². The summed E-state index contributed by atoms with van der Waals surface area (Å²) >= 11 is 0. The zero-order chi connectivity index (χ0) is 23.7. The maximum Gasteiger partial charge on any atom is 0.263 e. The maximum atomic E-state index is 12.8. The Labute approximate surface area is 195 Å². The molecule has 4 aromatic rings. The van der Waals surface area contributed by atoms with E-state index in [4.69, 9.17) is 0 Å². The molecular formula is C24H21N5O4S. The number of nitrogens with zero attached hydrogens (tertiary/aromatic N) is 2. The Morgan fingerprint density at radius 3 is 2.56 bits per heavy atom. The van der Waals surface area contributed by atoms with Gasteiger partial charge in [-0.1, -0.05) is 36.4 Å². The number of aromatic nitrogens is 2. The number of benzene rings is 3. The molecule has 2 heterocycles. The first-order valence-corrected chi connectivity index (χ1v) is 12.1. The first-order valence-electron chi connectivity index (χ1n) is 10.6. The average Bonchev–Trinajstić information content (AvgIpc) is 3.37. The minimum Gasteiger partial charge on any atom is -0.508 e. The van der Waals surface area contributed by atoms with E-state index in [9.17, 15) is 18.3 Å². The summed E-state index contributed by atoms with van der Waals surface area (Å²) < 4.78 is 26.9. The van der Waals surface area contributed by atoms with Gasteiger partial charge in [0.1, 0.15) is 24.0 Å². The van der Waals surface area contributed by atoms with Gasteiger partial charge in [-0.2, -0.15) is 0 Å². The molecule has 1 unspecified atom stereocenters. The molecular weight excluding hydrogens is 454 g/mol. The molecule has 4 N–H and O–H groups in total. The van der Waals surface area contributed by atoms with Gasteiger partial charge in [-0.15, -0.1) is 0 Å². The van der Waals surface area contributed by atoms with Crippen molar-refractivity contribution in [1.82, 2.24) is 20.0 Å². The second kappa shape index (κ2) is 8.64. The Bertz CT molecular complexity index is 1480. The van der Waals surface area contributed by atoms with Crippen LogP contribution in [0, 0.1) is 0 Å². The van der Waals surface area contributed by atoms with Crippen LogP contribution in [0.4, 0.5) is 0 Å². The Morgan fingerprint density at radius 1 is 1.03 bits per heavy atom. The number of phenolic OH excluding ortho intramolecular Hbond substituents is 1. The first kappa shape index (κ1) is 21.7. The fraction of sp³-hybridized carbons (Fsp3) is 0.125. The molecule has 0 saturated heterocycles. The van der Waals surface area contributed by atoms with E-state index in [2.05, 4.69) is 25.0 Å². The van der Waals surface area contributed by atoms with Gasteiger partial charge in [-0.05, 0) is 48.4 Å². The third kappa shape index (κ3) is 4.35. The number of rotatable bonds is 6. The number of para-hydroxylation sites is 2. The van der Waals surface area contributed by atoms with Crippen molar-refractivity contribution in [2.24, 2.45) is 4.99 Å². The van der Waals surface area contributed by atoms with Crippen molar-refractivity contribution in [3.05, 3.63) is 89.7 Å². The third-order valence-electron chi connectivity index (χ3n) is 5.49. The van der Waals surface area contributed by atoms with E-state index in [1.807, 2.05) is 24.3 Å². The van der Waals surface area contributed by atoms with E-state index in [1.165, 1.54) is 6.07 Å². The highest BCUT2D eigenvalue weighted by atomic mass is 32.2. The lowest BCUT2D eigenvalue weighted by atomic mass is 10.1. The van der Waals surface area contributed by atoms with Crippen LogP contribution in [0.2, 0.25) is 0 Å². The van der Waals surface area contributed by atoms with E-state index in [0.29, 0.717) is 17.8 Å². The second-order valence-corrected chi connectivity index (χ2v) is 9.55. The highest BCUT2D eigenvalue weighted by molar-refractivity contribution is 7.90. The zero-order valence-corrected chi connectivity index (χ0v) is 18.7. The summed E-state index contributed by atoms with van der Waals surface area (Å²) in [5, 5.41) is 12.5. The number of amides is 1. The second-order valence-electron chi connectivity index (χ2n) is 7.90. The summed E-state index contributed by atoms with van der Waals surface area (Å²) in [7, 11) is -3.68. The van der Waals surface area contributed by atoms with Gasteiger partial charge in [0.15, 0.2) is 0 Å². The molecule has 34 heavy (non-hydrogen) atoms. The predicted octanol–water partition coefficient (Wildman–Crippen LogP) is 2.41. The van der Waals surface area contributed by atoms with Crippen LogP contribution in [-0.4, -0.2) is 41.8 Å². The normalized spacial score (nSPS) is 16.2. The van der Waals surface area contributed by atoms with Crippen molar-refractivity contribution in [1.29, 1.82) is 0 Å². The molecule has 5 rings (SSSR count). The Hall–Kier alpha value is -4.18. The van der Waals surface area contributed by atoms with E-state index in [0.717, 1.165) is 16.6 Å². The number of hydrogen-bond donors (Lipinski definition) is 4. The van der Waals surface area contributed by atoms with Gasteiger partial charge in [0.2, 0.25) is 5.91 Å². The molecule has 1 aliphatic heterocycles. The number of carbonyl (C=O) groups is 1. The number of aromatic hydroxyl groups is 1. The summed E-state index contributed by atoms with van der Waals surface area (Å²) in [5.41, 5.74) is 2.96. The van der Waals surface area contributed by atoms with Crippen LogP contribution in [0.15, 0.2) is 82.7 Å². The van der Waals surface area contributed by atoms with Gasteiger partial charge in [-0.25, -0.2) is 13.4 Å². The van der Waals surface area contributed by atoms with Crippen LogP contribution in [0.3, 0.4) is 0 Å². The van der Waals surface area contributed by atoms with Gasteiger partial charge >= 0.3 is 0 Å². The zero-order valence-electron chi connectivity index (χ0n) is 17.9. The van der Waals surface area contributed by atoms with Gasteiger partial charge in [0.05, 0.1) is 22.0 Å². The molecule has 0 saturated carbocycles. The van der Waals surface area contributed by atoms with Gasteiger partial charge in [-0.3, -0.25) is 14.5 Å². The number of fused-ring (bicyclic) bond motifs is 2. The predicted molar refractivity (Wildman–Crippen MR) is 127 cm³/mol. The smallest absolute Gasteiger partial charge is 0.263 e. The SMILES string of the molecule is O=C(CN=C1NS(=O)(=O)c2ccccc21)NC(Cc1ccc(O)cc1)c1nc2ccccc2[nH]1. The summed E-state index contributed by atoms with van der Waals surface area (Å²) in [6, 6.07) is 20.3. The fourth-order valence-corrected chi connectivity index (χ4v) is 5.11. The number of phenols is 1. The Kier molecular flexibility index (Phi) is 5.50. The van der Waals surface area contributed by atoms with E-state index < -0.39 is 16.1 Å². The van der Waals surface area contributed by atoms with Crippen molar-refractivity contribution < 1.29 is 18.3 Å². The molecule has 0 bridgehead atoms. The minimum atomic E-state index is -3.68. The largest absolute Gasteiger partial charge is 0.508 e. The molecule has 0 aliphatic carbocycles. The molecule has 172 valence electrons. The molecule has 0 radical (unpaired) electrons. The number of aromatic amines is 1. The highest BCUT2D eigenvalue weighted by Gasteiger charge is 2.30. The van der Waals surface area contributed by atoms with E-state index in [1.54, 1.807) is 42.5 Å². The lowest BCUT2D eigenvalue weighted by Crippen LogP contribution is -2.33. The van der Waals surface area contributed by atoms with Crippen molar-refractivity contribution in [2.45, 2.75) is 17.4 Å². The number of nitrogens with one attached hydrogen (secondary N) is 3. The number of aliphatic imine (C=N–C) groups is 1. The number of imidazole rings is 1. The maximum absolute atomic E-state index is 12.8. The molecule has 10 heteroatoms. The summed E-state index contributed by atoms with van der Waals surface area (Å²) in [4.78, 5) is 25.1. The minimum absolute atomic E-state index is 0.140. The highest BCUT2D eigenvalue weighted by Crippen LogP contribution is 2.23. The van der Waals surface area contributed by atoms with Crippen molar-refractivity contribution >= 4 is 32.8 Å². The molecule has 0 spiro atoms. The molecule has 3 aromatic carbocycles. The van der Waals surface area contributed by atoms with Gasteiger partial charge in [0, 0.05) is 5.56 Å². The number of carbonyl (C=O) groups excluding carboxylic acids is 1. The molecule has 1 amide bonds. The number of sulfonamides is 1. The number of hydrogen-bond acceptors (Lipinski definition) is 6.